The van der Waals surface area contributed by atoms with Crippen molar-refractivity contribution in [1.82, 2.24) is 0 Å². The summed E-state index contributed by atoms with van der Waals surface area (Å²) in [6.07, 6.45) is 5.25. The predicted molar refractivity (Wildman–Crippen MR) is 109 cm³/mol. The fourth-order valence-corrected chi connectivity index (χ4v) is 4.10. The average molecular weight is 378 g/mol. The molecule has 4 heteroatoms. The summed E-state index contributed by atoms with van der Waals surface area (Å²) in [7, 11) is 1.40. The number of ether oxygens (including phenoxy) is 2. The number of benzene rings is 2. The quantitative estimate of drug-likeness (QED) is 0.517. The number of hydrogen-bond acceptors (Lipinski definition) is 4. The second-order valence-corrected chi connectivity index (χ2v) is 7.61. The fourth-order valence-electron chi connectivity index (χ4n) is 4.10. The number of aryl methyl sites for hydroxylation is 1. The fraction of sp³-hybridized carbons (Fsp3) is 0.375. The number of methoxy groups -OCH3 is 1. The molecule has 0 amide bonds. The van der Waals surface area contributed by atoms with Gasteiger partial charge in [0.1, 0.15) is 23.7 Å². The van der Waals surface area contributed by atoms with Crippen LogP contribution in [0.4, 0.5) is 0 Å². The first-order chi connectivity index (χ1) is 13.6. The minimum atomic E-state index is -0.272. The van der Waals surface area contributed by atoms with E-state index >= 15 is 0 Å². The third-order valence-electron chi connectivity index (χ3n) is 5.57. The van der Waals surface area contributed by atoms with Crippen LogP contribution in [0.25, 0.3) is 11.0 Å². The van der Waals surface area contributed by atoms with Crippen LogP contribution in [0, 0.1) is 6.92 Å². The van der Waals surface area contributed by atoms with Gasteiger partial charge in [0.25, 0.3) is 0 Å². The largest absolute Gasteiger partial charge is 0.489 e. The number of carbonyl (C=O) groups is 1. The van der Waals surface area contributed by atoms with Gasteiger partial charge >= 0.3 is 5.97 Å². The number of furan rings is 1. The smallest absolute Gasteiger partial charge is 0.310 e. The third-order valence-corrected chi connectivity index (χ3v) is 5.57. The molecule has 1 saturated carbocycles. The topological polar surface area (TPSA) is 48.7 Å². The van der Waals surface area contributed by atoms with Gasteiger partial charge in [0.05, 0.1) is 13.5 Å². The monoisotopic (exact) mass is 378 g/mol. The zero-order valence-corrected chi connectivity index (χ0v) is 16.5. The number of rotatable bonds is 6. The molecule has 4 nitrogen and oxygen atoms in total. The van der Waals surface area contributed by atoms with Crippen LogP contribution in [0.1, 0.15) is 54.1 Å². The van der Waals surface area contributed by atoms with Gasteiger partial charge in [-0.15, -0.1) is 0 Å². The molecule has 1 aromatic heterocycles. The Bertz CT molecular complexity index is 979. The maximum absolute atomic E-state index is 11.6. The van der Waals surface area contributed by atoms with Crippen LogP contribution >= 0.6 is 0 Å². The summed E-state index contributed by atoms with van der Waals surface area (Å²) < 4.78 is 17.0. The van der Waals surface area contributed by atoms with Crippen molar-refractivity contribution in [3.8, 4) is 5.75 Å². The third kappa shape index (κ3) is 3.91. The average Bonchev–Trinajstić information content (AvgIpc) is 3.37. The van der Waals surface area contributed by atoms with Crippen LogP contribution in [0.5, 0.6) is 5.75 Å². The molecular formula is C24H26O4. The summed E-state index contributed by atoms with van der Waals surface area (Å²) in [4.78, 5) is 11.6. The lowest BCUT2D eigenvalue weighted by molar-refractivity contribution is -0.139. The molecule has 0 radical (unpaired) electrons. The second-order valence-electron chi connectivity index (χ2n) is 7.61. The van der Waals surface area contributed by atoms with Crippen molar-refractivity contribution in [3.05, 3.63) is 64.9 Å². The maximum atomic E-state index is 11.6. The first kappa shape index (κ1) is 18.6. The molecule has 1 fully saturated rings. The summed E-state index contributed by atoms with van der Waals surface area (Å²) in [6.45, 7) is 2.53. The summed E-state index contributed by atoms with van der Waals surface area (Å²) in [5.41, 5.74) is 4.04. The molecule has 0 aliphatic heterocycles. The van der Waals surface area contributed by atoms with Crippen LogP contribution in [-0.4, -0.2) is 13.1 Å². The van der Waals surface area contributed by atoms with Crippen molar-refractivity contribution in [2.24, 2.45) is 0 Å². The second kappa shape index (κ2) is 8.09. The van der Waals surface area contributed by atoms with E-state index < -0.39 is 0 Å². The van der Waals surface area contributed by atoms with Gasteiger partial charge < -0.3 is 13.9 Å². The SMILES string of the molecule is COC(=O)Cc1ccccc1OCc1cc(C)c2oc(C3CCCC3)cc2c1. The van der Waals surface area contributed by atoms with Crippen LogP contribution in [-0.2, 0) is 22.6 Å². The number of para-hydroxylation sites is 1. The van der Waals surface area contributed by atoms with Crippen molar-refractivity contribution >= 4 is 16.9 Å². The molecule has 4 rings (SSSR count). The highest BCUT2D eigenvalue weighted by molar-refractivity contribution is 5.82. The maximum Gasteiger partial charge on any atom is 0.310 e. The van der Waals surface area contributed by atoms with E-state index in [1.807, 2.05) is 24.3 Å². The molecule has 0 bridgehead atoms. The van der Waals surface area contributed by atoms with Gasteiger partial charge in [-0.25, -0.2) is 0 Å². The lowest BCUT2D eigenvalue weighted by Gasteiger charge is -2.11. The van der Waals surface area contributed by atoms with Crippen molar-refractivity contribution in [2.75, 3.05) is 7.11 Å². The number of fused-ring (bicyclic) bond motifs is 1. The Morgan fingerprint density at radius 3 is 2.71 bits per heavy atom. The standard InChI is InChI=1S/C24H26O4/c1-16-11-17(12-20-13-22(28-24(16)20)18-7-3-4-8-18)15-27-21-10-6-5-9-19(21)14-23(25)26-2/h5-6,9-13,18H,3-4,7-8,14-15H2,1-2H3. The molecule has 0 unspecified atom stereocenters. The molecular weight excluding hydrogens is 352 g/mol. The van der Waals surface area contributed by atoms with Crippen LogP contribution in [0.2, 0.25) is 0 Å². The zero-order chi connectivity index (χ0) is 19.5. The Morgan fingerprint density at radius 1 is 1.14 bits per heavy atom. The molecule has 1 aliphatic rings. The first-order valence-electron chi connectivity index (χ1n) is 9.94. The van der Waals surface area contributed by atoms with E-state index in [-0.39, 0.29) is 12.4 Å². The minimum Gasteiger partial charge on any atom is -0.489 e. The molecule has 1 aliphatic carbocycles. The van der Waals surface area contributed by atoms with Crippen molar-refractivity contribution in [1.29, 1.82) is 0 Å². The molecule has 0 atom stereocenters. The lowest BCUT2D eigenvalue weighted by atomic mass is 10.0. The Kier molecular flexibility index (Phi) is 5.38. The molecule has 146 valence electrons. The van der Waals surface area contributed by atoms with Crippen LogP contribution < -0.4 is 4.74 Å². The Balaban J connectivity index is 1.53. The number of carbonyl (C=O) groups excluding carboxylic acids is 1. The highest BCUT2D eigenvalue weighted by atomic mass is 16.5. The molecule has 3 aromatic rings. The van der Waals surface area contributed by atoms with E-state index in [2.05, 4.69) is 25.1 Å². The highest BCUT2D eigenvalue weighted by Crippen LogP contribution is 2.37. The van der Waals surface area contributed by atoms with Crippen LogP contribution in [0.15, 0.2) is 46.9 Å². The van der Waals surface area contributed by atoms with Gasteiger partial charge in [0.2, 0.25) is 0 Å². The van der Waals surface area contributed by atoms with Gasteiger partial charge in [-0.05, 0) is 55.2 Å². The normalized spacial score (nSPS) is 14.5. The summed E-state index contributed by atoms with van der Waals surface area (Å²) in [5.74, 6) is 2.13. The lowest BCUT2D eigenvalue weighted by Crippen LogP contribution is -2.06. The van der Waals surface area contributed by atoms with Crippen molar-refractivity contribution in [2.45, 2.75) is 51.6 Å². The van der Waals surface area contributed by atoms with E-state index in [0.717, 1.165) is 33.4 Å². The zero-order valence-electron chi connectivity index (χ0n) is 16.5. The summed E-state index contributed by atoms with van der Waals surface area (Å²) >= 11 is 0. The number of hydrogen-bond donors (Lipinski definition) is 0. The van der Waals surface area contributed by atoms with Gasteiger partial charge in [0, 0.05) is 16.9 Å². The van der Waals surface area contributed by atoms with E-state index in [1.165, 1.54) is 32.8 Å². The van der Waals surface area contributed by atoms with Gasteiger partial charge in [-0.1, -0.05) is 31.0 Å². The molecule has 0 N–H and O–H groups in total. The van der Waals surface area contributed by atoms with E-state index in [1.54, 1.807) is 0 Å². The van der Waals surface area contributed by atoms with E-state index in [9.17, 15) is 4.79 Å². The minimum absolute atomic E-state index is 0.206. The predicted octanol–water partition coefficient (Wildman–Crippen LogP) is 5.69. The van der Waals surface area contributed by atoms with E-state index in [4.69, 9.17) is 13.9 Å². The molecule has 1 heterocycles. The van der Waals surface area contributed by atoms with Crippen molar-refractivity contribution in [3.63, 3.8) is 0 Å². The highest BCUT2D eigenvalue weighted by Gasteiger charge is 2.21. The Morgan fingerprint density at radius 2 is 1.93 bits per heavy atom. The molecule has 0 spiro atoms. The van der Waals surface area contributed by atoms with Gasteiger partial charge in [-0.2, -0.15) is 0 Å². The summed E-state index contributed by atoms with van der Waals surface area (Å²) in [5, 5.41) is 1.14. The van der Waals surface area contributed by atoms with Gasteiger partial charge in [0.15, 0.2) is 0 Å². The Labute approximate surface area is 165 Å². The molecule has 2 aromatic carbocycles. The Hall–Kier alpha value is -2.75. The van der Waals surface area contributed by atoms with Gasteiger partial charge in [-0.3, -0.25) is 4.79 Å². The first-order valence-corrected chi connectivity index (χ1v) is 9.94. The van der Waals surface area contributed by atoms with Crippen molar-refractivity contribution < 1.29 is 18.7 Å². The summed E-state index contributed by atoms with van der Waals surface area (Å²) in [6, 6.07) is 14.1. The van der Waals surface area contributed by atoms with Crippen LogP contribution in [0.3, 0.4) is 0 Å². The number of esters is 1. The molecule has 0 saturated heterocycles. The van der Waals surface area contributed by atoms with E-state index in [0.29, 0.717) is 18.3 Å². The molecule has 28 heavy (non-hydrogen) atoms.